The van der Waals surface area contributed by atoms with E-state index in [0.29, 0.717) is 19.4 Å². The van der Waals surface area contributed by atoms with Crippen LogP contribution in [0.1, 0.15) is 43.7 Å². The lowest BCUT2D eigenvalue weighted by Crippen LogP contribution is -2.40. The van der Waals surface area contributed by atoms with Gasteiger partial charge in [0.1, 0.15) is 9.84 Å². The molecule has 0 radical (unpaired) electrons. The van der Waals surface area contributed by atoms with Crippen molar-refractivity contribution in [2.45, 2.75) is 44.4 Å². The predicted molar refractivity (Wildman–Crippen MR) is 83.7 cm³/mol. The van der Waals surface area contributed by atoms with Crippen molar-refractivity contribution in [2.75, 3.05) is 18.1 Å². The van der Waals surface area contributed by atoms with Crippen molar-refractivity contribution >= 4 is 9.84 Å². The van der Waals surface area contributed by atoms with Crippen LogP contribution in [0.25, 0.3) is 0 Å². The number of aryl methyl sites for hydroxylation is 1. The molecule has 2 N–H and O–H groups in total. The number of sulfone groups is 1. The predicted octanol–water partition coefficient (Wildman–Crippen LogP) is 2.43. The molecule has 0 saturated carbocycles. The van der Waals surface area contributed by atoms with Crippen molar-refractivity contribution in [3.63, 3.8) is 0 Å². The first-order chi connectivity index (χ1) is 9.53. The molecular formula is C16H25NO2S. The second-order valence-electron chi connectivity index (χ2n) is 5.90. The molecule has 0 bridgehead atoms. The van der Waals surface area contributed by atoms with Crippen LogP contribution in [-0.2, 0) is 21.7 Å². The van der Waals surface area contributed by atoms with Crippen molar-refractivity contribution in [3.05, 3.63) is 35.4 Å². The van der Waals surface area contributed by atoms with E-state index in [4.69, 9.17) is 5.73 Å². The number of rotatable bonds is 6. The fourth-order valence-electron chi connectivity index (χ4n) is 3.35. The lowest BCUT2D eigenvalue weighted by molar-refractivity contribution is 0.356. The SMILES string of the molecule is CCCS(=O)(=O)CCC1(CN)CCCc2ccccc21. The molecule has 112 valence electrons. The van der Waals surface area contributed by atoms with Crippen LogP contribution in [0.5, 0.6) is 0 Å². The topological polar surface area (TPSA) is 60.2 Å². The molecule has 1 aromatic carbocycles. The molecule has 0 fully saturated rings. The van der Waals surface area contributed by atoms with Gasteiger partial charge in [0.15, 0.2) is 0 Å². The number of hydrogen-bond donors (Lipinski definition) is 1. The maximum atomic E-state index is 12.0. The van der Waals surface area contributed by atoms with Crippen molar-refractivity contribution in [3.8, 4) is 0 Å². The molecule has 1 unspecified atom stereocenters. The summed E-state index contributed by atoms with van der Waals surface area (Å²) in [4.78, 5) is 0. The third-order valence-corrected chi connectivity index (χ3v) is 6.34. The zero-order chi connectivity index (χ0) is 14.6. The van der Waals surface area contributed by atoms with Gasteiger partial charge in [-0.3, -0.25) is 0 Å². The van der Waals surface area contributed by atoms with E-state index >= 15 is 0 Å². The first-order valence-corrected chi connectivity index (χ1v) is 9.34. The van der Waals surface area contributed by atoms with E-state index in [1.54, 1.807) is 0 Å². The summed E-state index contributed by atoms with van der Waals surface area (Å²) in [6.45, 7) is 2.44. The molecule has 0 saturated heterocycles. The molecule has 0 aromatic heterocycles. The molecule has 1 aromatic rings. The average Bonchev–Trinajstić information content (AvgIpc) is 2.45. The van der Waals surface area contributed by atoms with Gasteiger partial charge < -0.3 is 5.73 Å². The van der Waals surface area contributed by atoms with E-state index in [-0.39, 0.29) is 16.9 Å². The molecule has 0 spiro atoms. The zero-order valence-corrected chi connectivity index (χ0v) is 13.1. The molecule has 20 heavy (non-hydrogen) atoms. The molecule has 4 heteroatoms. The van der Waals surface area contributed by atoms with Gasteiger partial charge in [0, 0.05) is 17.7 Å². The van der Waals surface area contributed by atoms with Gasteiger partial charge in [-0.05, 0) is 43.2 Å². The van der Waals surface area contributed by atoms with Gasteiger partial charge in [-0.2, -0.15) is 0 Å². The van der Waals surface area contributed by atoms with Crippen LogP contribution in [0.2, 0.25) is 0 Å². The van der Waals surface area contributed by atoms with E-state index in [1.807, 2.05) is 13.0 Å². The lowest BCUT2D eigenvalue weighted by Gasteiger charge is -2.38. The maximum absolute atomic E-state index is 12.0. The Labute approximate surface area is 122 Å². The molecule has 1 aliphatic carbocycles. The fourth-order valence-corrected chi connectivity index (χ4v) is 4.87. The summed E-state index contributed by atoms with van der Waals surface area (Å²) in [6.07, 6.45) is 4.53. The Hall–Kier alpha value is -0.870. The third kappa shape index (κ3) is 3.23. The van der Waals surface area contributed by atoms with Crippen LogP contribution in [0, 0.1) is 0 Å². The molecule has 1 aliphatic rings. The minimum Gasteiger partial charge on any atom is -0.330 e. The first kappa shape index (κ1) is 15.5. The van der Waals surface area contributed by atoms with Crippen molar-refractivity contribution < 1.29 is 8.42 Å². The number of nitrogens with two attached hydrogens (primary N) is 1. The average molecular weight is 295 g/mol. The summed E-state index contributed by atoms with van der Waals surface area (Å²) >= 11 is 0. The summed E-state index contributed by atoms with van der Waals surface area (Å²) in [5.74, 6) is 0.543. The van der Waals surface area contributed by atoms with Crippen LogP contribution < -0.4 is 5.73 Å². The highest BCUT2D eigenvalue weighted by atomic mass is 32.2. The van der Waals surface area contributed by atoms with Gasteiger partial charge in [0.25, 0.3) is 0 Å². The van der Waals surface area contributed by atoms with Gasteiger partial charge >= 0.3 is 0 Å². The molecule has 0 aliphatic heterocycles. The van der Waals surface area contributed by atoms with E-state index < -0.39 is 9.84 Å². The van der Waals surface area contributed by atoms with E-state index in [2.05, 4.69) is 18.2 Å². The normalized spacial score (nSPS) is 22.5. The van der Waals surface area contributed by atoms with Crippen molar-refractivity contribution in [2.24, 2.45) is 5.73 Å². The van der Waals surface area contributed by atoms with Gasteiger partial charge in [-0.15, -0.1) is 0 Å². The highest BCUT2D eigenvalue weighted by molar-refractivity contribution is 7.91. The van der Waals surface area contributed by atoms with E-state index in [9.17, 15) is 8.42 Å². The Morgan fingerprint density at radius 2 is 2.00 bits per heavy atom. The molecule has 1 atom stereocenters. The van der Waals surface area contributed by atoms with Gasteiger partial charge in [-0.1, -0.05) is 31.2 Å². The van der Waals surface area contributed by atoms with Crippen LogP contribution in [-0.4, -0.2) is 26.5 Å². The summed E-state index contributed by atoms with van der Waals surface area (Å²) in [5, 5.41) is 0. The summed E-state index contributed by atoms with van der Waals surface area (Å²) in [6, 6.07) is 8.38. The zero-order valence-electron chi connectivity index (χ0n) is 12.3. The highest BCUT2D eigenvalue weighted by Gasteiger charge is 2.35. The minimum atomic E-state index is -2.94. The molecule has 0 amide bonds. The molecule has 3 nitrogen and oxygen atoms in total. The smallest absolute Gasteiger partial charge is 0.150 e. The summed E-state index contributed by atoms with van der Waals surface area (Å²) in [7, 11) is -2.94. The maximum Gasteiger partial charge on any atom is 0.150 e. The first-order valence-electron chi connectivity index (χ1n) is 7.52. The van der Waals surface area contributed by atoms with E-state index in [1.165, 1.54) is 11.1 Å². The second-order valence-corrected chi connectivity index (χ2v) is 8.20. The van der Waals surface area contributed by atoms with Crippen LogP contribution >= 0.6 is 0 Å². The highest BCUT2D eigenvalue weighted by Crippen LogP contribution is 2.39. The number of benzene rings is 1. The quantitative estimate of drug-likeness (QED) is 0.877. The van der Waals surface area contributed by atoms with Crippen LogP contribution in [0.15, 0.2) is 24.3 Å². The summed E-state index contributed by atoms with van der Waals surface area (Å²) in [5.41, 5.74) is 8.54. The lowest BCUT2D eigenvalue weighted by atomic mass is 9.68. The Morgan fingerprint density at radius 1 is 1.25 bits per heavy atom. The Kier molecular flexibility index (Phi) is 4.86. The minimum absolute atomic E-state index is 0.143. The van der Waals surface area contributed by atoms with Gasteiger partial charge in [-0.25, -0.2) is 8.42 Å². The summed E-state index contributed by atoms with van der Waals surface area (Å²) < 4.78 is 24.0. The molecule has 0 heterocycles. The van der Waals surface area contributed by atoms with E-state index in [0.717, 1.165) is 19.3 Å². The Bertz CT molecular complexity index is 553. The van der Waals surface area contributed by atoms with Gasteiger partial charge in [0.2, 0.25) is 0 Å². The standard InChI is InChI=1S/C16H25NO2S/c1-2-11-20(18,19)12-10-16(13-17)9-5-7-14-6-3-4-8-15(14)16/h3-4,6,8H,2,5,7,9-13,17H2,1H3. The largest absolute Gasteiger partial charge is 0.330 e. The Morgan fingerprint density at radius 3 is 2.70 bits per heavy atom. The number of fused-ring (bicyclic) bond motifs is 1. The third-order valence-electron chi connectivity index (χ3n) is 4.49. The Balaban J connectivity index is 2.23. The molecular weight excluding hydrogens is 270 g/mol. The van der Waals surface area contributed by atoms with Gasteiger partial charge in [0.05, 0.1) is 5.75 Å². The second kappa shape index (κ2) is 6.27. The monoisotopic (exact) mass is 295 g/mol. The van der Waals surface area contributed by atoms with Crippen LogP contribution in [0.4, 0.5) is 0 Å². The molecule has 2 rings (SSSR count). The fraction of sp³-hybridized carbons (Fsp3) is 0.625. The van der Waals surface area contributed by atoms with Crippen molar-refractivity contribution in [1.29, 1.82) is 0 Å². The van der Waals surface area contributed by atoms with Crippen LogP contribution in [0.3, 0.4) is 0 Å². The van der Waals surface area contributed by atoms with Crippen molar-refractivity contribution in [1.82, 2.24) is 0 Å². The number of hydrogen-bond acceptors (Lipinski definition) is 3.